The predicted molar refractivity (Wildman–Crippen MR) is 126 cm³/mol. The molecule has 0 bridgehead atoms. The summed E-state index contributed by atoms with van der Waals surface area (Å²) in [5.74, 6) is 0.953. The maximum atomic E-state index is 5.56. The minimum absolute atomic E-state index is 0. The van der Waals surface area contributed by atoms with Crippen molar-refractivity contribution in [2.24, 2.45) is 4.99 Å². The van der Waals surface area contributed by atoms with Crippen LogP contribution in [0.15, 0.2) is 59.6 Å². The van der Waals surface area contributed by atoms with Crippen molar-refractivity contribution in [3.05, 3.63) is 65.7 Å². The Bertz CT molecular complexity index is 777. The average Bonchev–Trinajstić information content (AvgIpc) is 3.17. The van der Waals surface area contributed by atoms with E-state index < -0.39 is 0 Å². The van der Waals surface area contributed by atoms with Gasteiger partial charge in [0.1, 0.15) is 0 Å². The molecule has 0 aromatic heterocycles. The lowest BCUT2D eigenvalue weighted by molar-refractivity contribution is 0.0170. The maximum Gasteiger partial charge on any atom is 0.198 e. The maximum absolute atomic E-state index is 5.56. The quantitative estimate of drug-likeness (QED) is 0.404. The number of hydrogen-bond acceptors (Lipinski definition) is 3. The predicted octanol–water partition coefficient (Wildman–Crippen LogP) is 3.32. The number of rotatable bonds is 4. The number of para-hydroxylation sites is 1. The Balaban J connectivity index is 0.00000225. The first-order chi connectivity index (χ1) is 13.4. The number of anilines is 1. The van der Waals surface area contributed by atoms with Crippen LogP contribution in [0.3, 0.4) is 0 Å². The molecule has 2 heterocycles. The van der Waals surface area contributed by atoms with Crippen LogP contribution in [0.25, 0.3) is 0 Å². The summed E-state index contributed by atoms with van der Waals surface area (Å²) in [6, 6.07) is 19.7. The van der Waals surface area contributed by atoms with E-state index in [4.69, 9.17) is 4.74 Å². The number of nitrogens with one attached hydrogen (secondary N) is 1. The van der Waals surface area contributed by atoms with E-state index in [2.05, 4.69) is 74.7 Å². The van der Waals surface area contributed by atoms with Gasteiger partial charge in [-0.3, -0.25) is 9.89 Å². The third-order valence-corrected chi connectivity index (χ3v) is 5.48. The van der Waals surface area contributed by atoms with E-state index in [-0.39, 0.29) is 24.0 Å². The number of hydrogen-bond donors (Lipinski definition) is 1. The van der Waals surface area contributed by atoms with Gasteiger partial charge in [0.2, 0.25) is 0 Å². The molecule has 28 heavy (non-hydrogen) atoms. The summed E-state index contributed by atoms with van der Waals surface area (Å²) in [6.45, 7) is 5.34. The molecule has 0 spiro atoms. The first-order valence-corrected chi connectivity index (χ1v) is 9.79. The van der Waals surface area contributed by atoms with Crippen molar-refractivity contribution in [2.75, 3.05) is 51.3 Å². The van der Waals surface area contributed by atoms with Gasteiger partial charge in [0.15, 0.2) is 5.96 Å². The number of ether oxygens (including phenoxy) is 1. The van der Waals surface area contributed by atoms with Gasteiger partial charge in [-0.15, -0.1) is 24.0 Å². The van der Waals surface area contributed by atoms with Crippen LogP contribution in [0.1, 0.15) is 17.2 Å². The Kier molecular flexibility index (Phi) is 7.70. The highest BCUT2D eigenvalue weighted by Gasteiger charge is 2.26. The number of morpholine rings is 1. The molecule has 0 radical (unpaired) electrons. The Labute approximate surface area is 184 Å². The molecule has 1 unspecified atom stereocenters. The van der Waals surface area contributed by atoms with Gasteiger partial charge in [0.05, 0.1) is 19.3 Å². The zero-order valence-electron chi connectivity index (χ0n) is 16.4. The third kappa shape index (κ3) is 4.67. The Morgan fingerprint density at radius 1 is 1.04 bits per heavy atom. The van der Waals surface area contributed by atoms with Gasteiger partial charge in [-0.2, -0.15) is 0 Å². The van der Waals surface area contributed by atoms with Crippen LogP contribution >= 0.6 is 24.0 Å². The molecule has 1 atom stereocenters. The van der Waals surface area contributed by atoms with Crippen LogP contribution in [0, 0.1) is 0 Å². The molecule has 150 valence electrons. The summed E-state index contributed by atoms with van der Waals surface area (Å²) < 4.78 is 5.56. The first-order valence-electron chi connectivity index (χ1n) is 9.79. The summed E-state index contributed by atoms with van der Waals surface area (Å²) in [6.07, 6.45) is 1.07. The Hall–Kier alpha value is -1.64. The van der Waals surface area contributed by atoms with Crippen LogP contribution in [-0.2, 0) is 11.2 Å². The highest BCUT2D eigenvalue weighted by atomic mass is 127. The Morgan fingerprint density at radius 3 is 2.50 bits per heavy atom. The lowest BCUT2D eigenvalue weighted by Crippen LogP contribution is -2.47. The van der Waals surface area contributed by atoms with Crippen LogP contribution in [-0.4, -0.2) is 57.3 Å². The van der Waals surface area contributed by atoms with Crippen molar-refractivity contribution in [1.82, 2.24) is 10.2 Å². The molecule has 1 fully saturated rings. The van der Waals surface area contributed by atoms with Crippen molar-refractivity contribution < 1.29 is 4.74 Å². The summed E-state index contributed by atoms with van der Waals surface area (Å²) >= 11 is 0. The molecule has 2 aliphatic rings. The van der Waals surface area contributed by atoms with Crippen molar-refractivity contribution in [3.63, 3.8) is 0 Å². The molecule has 5 nitrogen and oxygen atoms in total. The van der Waals surface area contributed by atoms with E-state index in [1.165, 1.54) is 16.8 Å². The number of halogens is 1. The summed E-state index contributed by atoms with van der Waals surface area (Å²) in [5, 5.41) is 3.64. The zero-order valence-corrected chi connectivity index (χ0v) is 18.7. The average molecular weight is 492 g/mol. The van der Waals surface area contributed by atoms with Crippen LogP contribution < -0.4 is 10.2 Å². The molecule has 4 rings (SSSR count). The monoisotopic (exact) mass is 492 g/mol. The van der Waals surface area contributed by atoms with Gasteiger partial charge in [0, 0.05) is 38.9 Å². The normalized spacial score (nSPS) is 18.3. The second-order valence-corrected chi connectivity index (χ2v) is 7.03. The van der Waals surface area contributed by atoms with E-state index in [9.17, 15) is 0 Å². The fourth-order valence-corrected chi connectivity index (χ4v) is 4.06. The smallest absolute Gasteiger partial charge is 0.198 e. The number of nitrogens with zero attached hydrogens (tertiary/aromatic N) is 3. The second kappa shape index (κ2) is 10.2. The lowest BCUT2D eigenvalue weighted by Gasteiger charge is -2.35. The summed E-state index contributed by atoms with van der Waals surface area (Å²) in [4.78, 5) is 9.38. The van der Waals surface area contributed by atoms with E-state index in [0.717, 1.165) is 51.8 Å². The highest BCUT2D eigenvalue weighted by Crippen LogP contribution is 2.28. The molecule has 1 saturated heterocycles. The SMILES string of the molecule is CN=C(NCC(c1ccccc1)N1CCOCC1)N1CCc2ccccc21.I. The van der Waals surface area contributed by atoms with Gasteiger partial charge < -0.3 is 15.0 Å². The standard InChI is InChI=1S/C22H28N4O.HI/c1-23-22(26-12-11-19-9-5-6-10-20(19)26)24-17-21(18-7-3-2-4-8-18)25-13-15-27-16-14-25;/h2-10,21H,11-17H2,1H3,(H,23,24);1H. The van der Waals surface area contributed by atoms with Crippen LogP contribution in [0.2, 0.25) is 0 Å². The molecule has 1 N–H and O–H groups in total. The van der Waals surface area contributed by atoms with Crippen LogP contribution in [0.5, 0.6) is 0 Å². The number of fused-ring (bicyclic) bond motifs is 1. The van der Waals surface area contributed by atoms with Crippen molar-refractivity contribution >= 4 is 35.6 Å². The number of aliphatic imine (C=N–C) groups is 1. The minimum atomic E-state index is 0. The summed E-state index contributed by atoms with van der Waals surface area (Å²) in [5.41, 5.74) is 4.01. The van der Waals surface area contributed by atoms with Crippen molar-refractivity contribution in [3.8, 4) is 0 Å². The lowest BCUT2D eigenvalue weighted by atomic mass is 10.0. The summed E-state index contributed by atoms with van der Waals surface area (Å²) in [7, 11) is 1.87. The number of benzene rings is 2. The highest BCUT2D eigenvalue weighted by molar-refractivity contribution is 14.0. The number of guanidine groups is 1. The first kappa shape index (κ1) is 21.1. The fourth-order valence-electron chi connectivity index (χ4n) is 4.06. The zero-order chi connectivity index (χ0) is 18.5. The van der Waals surface area contributed by atoms with E-state index >= 15 is 0 Å². The van der Waals surface area contributed by atoms with Crippen molar-refractivity contribution in [1.29, 1.82) is 0 Å². The van der Waals surface area contributed by atoms with Gasteiger partial charge in [-0.1, -0.05) is 48.5 Å². The molecule has 2 aliphatic heterocycles. The molecule has 2 aromatic rings. The van der Waals surface area contributed by atoms with Gasteiger partial charge >= 0.3 is 0 Å². The minimum Gasteiger partial charge on any atom is -0.379 e. The topological polar surface area (TPSA) is 40.1 Å². The molecule has 0 aliphatic carbocycles. The molecule has 0 saturated carbocycles. The van der Waals surface area contributed by atoms with Crippen LogP contribution in [0.4, 0.5) is 5.69 Å². The van der Waals surface area contributed by atoms with E-state index in [1.807, 2.05) is 7.05 Å². The van der Waals surface area contributed by atoms with Gasteiger partial charge in [0.25, 0.3) is 0 Å². The fraction of sp³-hybridized carbons (Fsp3) is 0.409. The van der Waals surface area contributed by atoms with Gasteiger partial charge in [-0.25, -0.2) is 0 Å². The molecule has 6 heteroatoms. The van der Waals surface area contributed by atoms with Crippen molar-refractivity contribution in [2.45, 2.75) is 12.5 Å². The van der Waals surface area contributed by atoms with E-state index in [1.54, 1.807) is 0 Å². The molecule has 0 amide bonds. The molecular formula is C22H29IN4O. The van der Waals surface area contributed by atoms with Gasteiger partial charge in [-0.05, 0) is 23.6 Å². The third-order valence-electron chi connectivity index (χ3n) is 5.48. The molecule has 2 aromatic carbocycles. The Morgan fingerprint density at radius 2 is 1.75 bits per heavy atom. The molecular weight excluding hydrogens is 463 g/mol. The van der Waals surface area contributed by atoms with E-state index in [0.29, 0.717) is 6.04 Å². The second-order valence-electron chi connectivity index (χ2n) is 7.03. The largest absolute Gasteiger partial charge is 0.379 e.